The van der Waals surface area contributed by atoms with Crippen LogP contribution in [-0.4, -0.2) is 30.4 Å². The van der Waals surface area contributed by atoms with Crippen molar-refractivity contribution in [1.82, 2.24) is 4.90 Å². The van der Waals surface area contributed by atoms with E-state index < -0.39 is 0 Å². The van der Waals surface area contributed by atoms with Crippen LogP contribution in [0.2, 0.25) is 0 Å². The van der Waals surface area contributed by atoms with E-state index in [1.165, 1.54) is 5.56 Å². The highest BCUT2D eigenvalue weighted by Gasteiger charge is 2.36. The molecule has 22 heavy (non-hydrogen) atoms. The average Bonchev–Trinajstić information content (AvgIpc) is 2.91. The van der Waals surface area contributed by atoms with Crippen LogP contribution in [0.3, 0.4) is 0 Å². The Morgan fingerprint density at radius 2 is 1.91 bits per heavy atom. The molecule has 3 atom stereocenters. The lowest BCUT2D eigenvalue weighted by Crippen LogP contribution is -2.33. The molecule has 3 nitrogen and oxygen atoms in total. The summed E-state index contributed by atoms with van der Waals surface area (Å²) in [5, 5.41) is 0. The summed E-state index contributed by atoms with van der Waals surface area (Å²) in [5.74, 6) is 1.41. The summed E-state index contributed by atoms with van der Waals surface area (Å²) in [6.45, 7) is 11.0. The number of amides is 1. The third kappa shape index (κ3) is 3.89. The van der Waals surface area contributed by atoms with Crippen LogP contribution in [0.1, 0.15) is 45.6 Å². The molecule has 2 N–H and O–H groups in total. The van der Waals surface area contributed by atoms with Crippen molar-refractivity contribution in [2.45, 2.75) is 40.0 Å². The first kappa shape index (κ1) is 17.0. The van der Waals surface area contributed by atoms with Crippen LogP contribution in [0.25, 0.3) is 0 Å². The first-order valence-corrected chi connectivity index (χ1v) is 8.35. The normalized spacial score (nSPS) is 23.6. The molecule has 1 aromatic carbocycles. The molecule has 1 fully saturated rings. The van der Waals surface area contributed by atoms with Crippen molar-refractivity contribution < 1.29 is 4.79 Å². The number of carbonyl (C=O) groups is 1. The summed E-state index contributed by atoms with van der Waals surface area (Å²) in [5.41, 5.74) is 7.43. The van der Waals surface area contributed by atoms with Crippen molar-refractivity contribution in [3.8, 4) is 0 Å². The number of rotatable bonds is 4. The fourth-order valence-corrected chi connectivity index (χ4v) is 3.09. The number of likely N-dealkylation sites (tertiary alicyclic amines) is 1. The van der Waals surface area contributed by atoms with Crippen molar-refractivity contribution in [3.63, 3.8) is 0 Å². The van der Waals surface area contributed by atoms with E-state index in [9.17, 15) is 4.79 Å². The van der Waals surface area contributed by atoms with Crippen LogP contribution < -0.4 is 5.73 Å². The molecule has 122 valence electrons. The molecule has 1 amide bonds. The van der Waals surface area contributed by atoms with Gasteiger partial charge in [-0.15, -0.1) is 0 Å². The highest BCUT2D eigenvalue weighted by atomic mass is 16.2. The topological polar surface area (TPSA) is 46.3 Å². The monoisotopic (exact) mass is 302 g/mol. The minimum absolute atomic E-state index is 0.168. The molecular weight excluding hydrogens is 272 g/mol. The Bertz CT molecular complexity index is 492. The highest BCUT2D eigenvalue weighted by molar-refractivity contribution is 5.77. The van der Waals surface area contributed by atoms with Gasteiger partial charge in [0.15, 0.2) is 0 Å². The summed E-state index contributed by atoms with van der Waals surface area (Å²) in [7, 11) is 0. The zero-order chi connectivity index (χ0) is 16.3. The first-order chi connectivity index (χ1) is 10.3. The maximum Gasteiger partial charge on any atom is 0.222 e. The molecule has 1 aliphatic heterocycles. The van der Waals surface area contributed by atoms with E-state index in [1.54, 1.807) is 0 Å². The molecular formula is C19H30N2O. The molecule has 0 bridgehead atoms. The maximum atomic E-state index is 12.6. The van der Waals surface area contributed by atoms with Gasteiger partial charge in [0.25, 0.3) is 0 Å². The van der Waals surface area contributed by atoms with Crippen LogP contribution in [0.5, 0.6) is 0 Å². The van der Waals surface area contributed by atoms with E-state index in [2.05, 4.69) is 52.0 Å². The number of hydrogen-bond acceptors (Lipinski definition) is 2. The lowest BCUT2D eigenvalue weighted by Gasteiger charge is -2.28. The largest absolute Gasteiger partial charge is 0.342 e. The van der Waals surface area contributed by atoms with Gasteiger partial charge in [-0.05, 0) is 29.4 Å². The Kier molecular flexibility index (Phi) is 5.28. The third-order valence-corrected chi connectivity index (χ3v) is 5.28. The molecule has 1 heterocycles. The van der Waals surface area contributed by atoms with Gasteiger partial charge in [0.1, 0.15) is 0 Å². The SMILES string of the molecule is CC(CC(=O)N1C[C@@H](CN)[C@H](c2ccccc2)C1)C(C)(C)C. The van der Waals surface area contributed by atoms with Gasteiger partial charge in [0.2, 0.25) is 5.91 Å². The third-order valence-electron chi connectivity index (χ3n) is 5.28. The quantitative estimate of drug-likeness (QED) is 0.928. The number of benzene rings is 1. The maximum absolute atomic E-state index is 12.6. The van der Waals surface area contributed by atoms with Gasteiger partial charge < -0.3 is 10.6 Å². The highest BCUT2D eigenvalue weighted by Crippen LogP contribution is 2.34. The first-order valence-electron chi connectivity index (χ1n) is 8.35. The Hall–Kier alpha value is -1.35. The second-order valence-electron chi connectivity index (χ2n) is 7.78. The molecule has 2 rings (SSSR count). The molecule has 0 spiro atoms. The summed E-state index contributed by atoms with van der Waals surface area (Å²) < 4.78 is 0. The molecule has 0 saturated carbocycles. The Morgan fingerprint density at radius 1 is 1.27 bits per heavy atom. The van der Waals surface area contributed by atoms with Gasteiger partial charge in [0, 0.05) is 25.4 Å². The van der Waals surface area contributed by atoms with Gasteiger partial charge >= 0.3 is 0 Å². The lowest BCUT2D eigenvalue weighted by atomic mass is 9.80. The zero-order valence-electron chi connectivity index (χ0n) is 14.4. The van der Waals surface area contributed by atoms with E-state index in [1.807, 2.05) is 11.0 Å². The molecule has 0 radical (unpaired) electrons. The van der Waals surface area contributed by atoms with Gasteiger partial charge in [-0.3, -0.25) is 4.79 Å². The van der Waals surface area contributed by atoms with Crippen molar-refractivity contribution in [3.05, 3.63) is 35.9 Å². The predicted octanol–water partition coefficient (Wildman–Crippen LogP) is 3.26. The Labute approximate surface area is 134 Å². The summed E-state index contributed by atoms with van der Waals surface area (Å²) >= 11 is 0. The van der Waals surface area contributed by atoms with Crippen molar-refractivity contribution in [1.29, 1.82) is 0 Å². The fourth-order valence-electron chi connectivity index (χ4n) is 3.09. The van der Waals surface area contributed by atoms with Gasteiger partial charge in [0.05, 0.1) is 0 Å². The van der Waals surface area contributed by atoms with Crippen LogP contribution in [-0.2, 0) is 4.79 Å². The summed E-state index contributed by atoms with van der Waals surface area (Å²) in [6, 6.07) is 10.5. The van der Waals surface area contributed by atoms with E-state index in [4.69, 9.17) is 5.73 Å². The summed E-state index contributed by atoms with van der Waals surface area (Å²) in [6.07, 6.45) is 0.627. The van der Waals surface area contributed by atoms with Crippen LogP contribution in [0.15, 0.2) is 30.3 Å². The van der Waals surface area contributed by atoms with Crippen LogP contribution >= 0.6 is 0 Å². The molecule has 0 aliphatic carbocycles. The van der Waals surface area contributed by atoms with E-state index in [0.717, 1.165) is 13.1 Å². The predicted molar refractivity (Wildman–Crippen MR) is 91.5 cm³/mol. The lowest BCUT2D eigenvalue weighted by molar-refractivity contribution is -0.132. The second kappa shape index (κ2) is 6.82. The Balaban J connectivity index is 2.04. The van der Waals surface area contributed by atoms with Crippen molar-refractivity contribution >= 4 is 5.91 Å². The Morgan fingerprint density at radius 3 is 2.45 bits per heavy atom. The van der Waals surface area contributed by atoms with Gasteiger partial charge in [-0.2, -0.15) is 0 Å². The number of carbonyl (C=O) groups excluding carboxylic acids is 1. The molecule has 1 saturated heterocycles. The standard InChI is InChI=1S/C19H30N2O/c1-14(19(2,3)4)10-18(22)21-12-16(11-20)17(13-21)15-8-6-5-7-9-15/h5-9,14,16-17H,10-13,20H2,1-4H3/t14?,16-,17+/m1/s1. The molecule has 0 aromatic heterocycles. The van der Waals surface area contributed by atoms with Gasteiger partial charge in [-0.25, -0.2) is 0 Å². The van der Waals surface area contributed by atoms with Crippen molar-refractivity contribution in [2.75, 3.05) is 19.6 Å². The van der Waals surface area contributed by atoms with E-state index >= 15 is 0 Å². The molecule has 1 aromatic rings. The summed E-state index contributed by atoms with van der Waals surface area (Å²) in [4.78, 5) is 14.7. The van der Waals surface area contributed by atoms with E-state index in [-0.39, 0.29) is 11.3 Å². The zero-order valence-corrected chi connectivity index (χ0v) is 14.4. The number of nitrogens with two attached hydrogens (primary N) is 1. The molecule has 3 heteroatoms. The van der Waals surface area contributed by atoms with Crippen molar-refractivity contribution in [2.24, 2.45) is 23.0 Å². The molecule has 1 unspecified atom stereocenters. The fraction of sp³-hybridized carbons (Fsp3) is 0.632. The smallest absolute Gasteiger partial charge is 0.222 e. The van der Waals surface area contributed by atoms with E-state index in [0.29, 0.717) is 30.7 Å². The second-order valence-corrected chi connectivity index (χ2v) is 7.78. The van der Waals surface area contributed by atoms with Crippen LogP contribution in [0.4, 0.5) is 0 Å². The molecule has 1 aliphatic rings. The minimum atomic E-state index is 0.168. The number of hydrogen-bond donors (Lipinski definition) is 1. The van der Waals surface area contributed by atoms with Gasteiger partial charge in [-0.1, -0.05) is 58.0 Å². The average molecular weight is 302 g/mol. The number of nitrogens with zero attached hydrogens (tertiary/aromatic N) is 1. The van der Waals surface area contributed by atoms with Crippen LogP contribution in [0, 0.1) is 17.3 Å². The minimum Gasteiger partial charge on any atom is -0.342 e.